The molecule has 1 aromatic carbocycles. The summed E-state index contributed by atoms with van der Waals surface area (Å²) in [5, 5.41) is 5.82. The van der Waals surface area contributed by atoms with Gasteiger partial charge in [-0.05, 0) is 59.4 Å². The minimum absolute atomic E-state index is 0.150. The average molecular weight is 490 g/mol. The van der Waals surface area contributed by atoms with Gasteiger partial charge in [-0.3, -0.25) is 9.59 Å². The molecule has 7 heteroatoms. The second-order valence-corrected chi connectivity index (χ2v) is 10.7. The molecule has 3 amide bonds. The lowest BCUT2D eigenvalue weighted by molar-refractivity contribution is -0.145. The normalized spacial score (nSPS) is 14.1. The number of nitrogens with one attached hydrogen (secondary N) is 2. The molecule has 1 rings (SSSR count). The molecule has 1 aromatic rings. The zero-order valence-electron chi connectivity index (χ0n) is 23.2. The number of carbonyl (C=O) groups excluding carboxylic acids is 3. The number of hydrogen-bond acceptors (Lipinski definition) is 4. The Labute approximate surface area is 212 Å². The number of ether oxygens (including phenoxy) is 1. The van der Waals surface area contributed by atoms with Gasteiger partial charge in [0, 0.05) is 12.6 Å². The van der Waals surface area contributed by atoms with Gasteiger partial charge in [-0.1, -0.05) is 69.9 Å². The van der Waals surface area contributed by atoms with E-state index in [-0.39, 0.29) is 23.8 Å². The van der Waals surface area contributed by atoms with Crippen molar-refractivity contribution in [3.8, 4) is 0 Å². The molecule has 0 aliphatic heterocycles. The summed E-state index contributed by atoms with van der Waals surface area (Å²) in [6, 6.07) is 5.78. The van der Waals surface area contributed by atoms with Crippen LogP contribution in [0, 0.1) is 12.8 Å². The van der Waals surface area contributed by atoms with Gasteiger partial charge >= 0.3 is 6.09 Å². The second kappa shape index (κ2) is 14.1. The zero-order valence-corrected chi connectivity index (χ0v) is 23.2. The SMILES string of the molecule is CCCCCNC(=O)C(c1ccc(C)cc1)N(C(=O)C(NC(=O)OC(C)(C)C)C(C)CC)C(C)C. The number of amides is 3. The van der Waals surface area contributed by atoms with Gasteiger partial charge in [-0.25, -0.2) is 4.79 Å². The van der Waals surface area contributed by atoms with Crippen LogP contribution in [-0.2, 0) is 14.3 Å². The Morgan fingerprint density at radius 2 is 1.60 bits per heavy atom. The fourth-order valence-electron chi connectivity index (χ4n) is 3.83. The summed E-state index contributed by atoms with van der Waals surface area (Å²) < 4.78 is 5.43. The zero-order chi connectivity index (χ0) is 26.8. The maximum absolute atomic E-state index is 14.0. The highest BCUT2D eigenvalue weighted by Crippen LogP contribution is 2.27. The van der Waals surface area contributed by atoms with Gasteiger partial charge in [0.1, 0.15) is 17.7 Å². The van der Waals surface area contributed by atoms with Crippen molar-refractivity contribution in [1.82, 2.24) is 15.5 Å². The third kappa shape index (κ3) is 9.90. The third-order valence-electron chi connectivity index (χ3n) is 5.96. The Kier molecular flexibility index (Phi) is 12.3. The van der Waals surface area contributed by atoms with E-state index in [2.05, 4.69) is 17.6 Å². The molecule has 0 aliphatic carbocycles. The van der Waals surface area contributed by atoms with E-state index >= 15 is 0 Å². The first-order chi connectivity index (χ1) is 16.3. The molecular weight excluding hydrogens is 442 g/mol. The molecule has 3 unspecified atom stereocenters. The summed E-state index contributed by atoms with van der Waals surface area (Å²) in [7, 11) is 0. The Bertz CT molecular complexity index is 814. The largest absolute Gasteiger partial charge is 0.444 e. The summed E-state index contributed by atoms with van der Waals surface area (Å²) in [6.45, 7) is 17.7. The smallest absolute Gasteiger partial charge is 0.408 e. The van der Waals surface area contributed by atoms with Crippen molar-refractivity contribution in [2.75, 3.05) is 6.54 Å². The Morgan fingerprint density at radius 3 is 2.09 bits per heavy atom. The monoisotopic (exact) mass is 489 g/mol. The fourth-order valence-corrected chi connectivity index (χ4v) is 3.83. The number of aryl methyl sites for hydroxylation is 1. The van der Waals surface area contributed by atoms with Crippen molar-refractivity contribution < 1.29 is 19.1 Å². The standard InChI is InChI=1S/C28H47N3O4/c1-10-12-13-18-29-25(32)24(22-16-14-20(5)15-17-22)31(19(3)4)26(33)23(21(6)11-2)30-27(34)35-28(7,8)9/h14-17,19,21,23-24H,10-13,18H2,1-9H3,(H,29,32)(H,30,34). The van der Waals surface area contributed by atoms with Crippen LogP contribution >= 0.6 is 0 Å². The minimum Gasteiger partial charge on any atom is -0.444 e. The van der Waals surface area contributed by atoms with Crippen LogP contribution in [0.1, 0.15) is 98.2 Å². The lowest BCUT2D eigenvalue weighted by atomic mass is 9.94. The van der Waals surface area contributed by atoms with E-state index in [4.69, 9.17) is 4.74 Å². The number of carbonyl (C=O) groups is 3. The molecule has 2 N–H and O–H groups in total. The van der Waals surface area contributed by atoms with Gasteiger partial charge in [0.25, 0.3) is 0 Å². The lowest BCUT2D eigenvalue weighted by Crippen LogP contribution is -2.57. The quantitative estimate of drug-likeness (QED) is 0.379. The van der Waals surface area contributed by atoms with Gasteiger partial charge in [0.05, 0.1) is 0 Å². The maximum atomic E-state index is 14.0. The number of benzene rings is 1. The maximum Gasteiger partial charge on any atom is 0.408 e. The van der Waals surface area contributed by atoms with Crippen molar-refractivity contribution in [1.29, 1.82) is 0 Å². The predicted octanol–water partition coefficient (Wildman–Crippen LogP) is 5.52. The molecule has 0 saturated heterocycles. The molecule has 0 bridgehead atoms. The number of nitrogens with zero attached hydrogens (tertiary/aromatic N) is 1. The Hall–Kier alpha value is -2.57. The molecule has 0 aliphatic rings. The first kappa shape index (κ1) is 30.5. The summed E-state index contributed by atoms with van der Waals surface area (Å²) in [5.74, 6) is -0.663. The van der Waals surface area contributed by atoms with Crippen LogP contribution in [0.3, 0.4) is 0 Å². The molecular formula is C28H47N3O4. The molecule has 3 atom stereocenters. The molecule has 0 radical (unpaired) electrons. The highest BCUT2D eigenvalue weighted by atomic mass is 16.6. The second-order valence-electron chi connectivity index (χ2n) is 10.7. The van der Waals surface area contributed by atoms with Crippen LogP contribution in [0.25, 0.3) is 0 Å². The number of hydrogen-bond donors (Lipinski definition) is 2. The van der Waals surface area contributed by atoms with E-state index in [1.54, 1.807) is 25.7 Å². The molecule has 0 heterocycles. The summed E-state index contributed by atoms with van der Waals surface area (Å²) in [6.07, 6.45) is 3.00. The highest BCUT2D eigenvalue weighted by molar-refractivity contribution is 5.92. The first-order valence-electron chi connectivity index (χ1n) is 13.0. The van der Waals surface area contributed by atoms with Crippen LogP contribution < -0.4 is 10.6 Å². The number of unbranched alkanes of at least 4 members (excludes halogenated alkanes) is 2. The van der Waals surface area contributed by atoms with Crippen molar-refractivity contribution in [3.05, 3.63) is 35.4 Å². The van der Waals surface area contributed by atoms with Crippen molar-refractivity contribution in [2.45, 2.75) is 112 Å². The predicted molar refractivity (Wildman–Crippen MR) is 141 cm³/mol. The Morgan fingerprint density at radius 1 is 1.00 bits per heavy atom. The molecule has 0 aromatic heterocycles. The van der Waals surface area contributed by atoms with Gasteiger partial charge in [-0.2, -0.15) is 0 Å². The molecule has 198 valence electrons. The summed E-state index contributed by atoms with van der Waals surface area (Å²) >= 11 is 0. The summed E-state index contributed by atoms with van der Waals surface area (Å²) in [4.78, 5) is 41.7. The van der Waals surface area contributed by atoms with Crippen LogP contribution in [0.15, 0.2) is 24.3 Å². The van der Waals surface area contributed by atoms with Gasteiger partial charge in [-0.15, -0.1) is 0 Å². The van der Waals surface area contributed by atoms with E-state index < -0.39 is 23.8 Å². The summed E-state index contributed by atoms with van der Waals surface area (Å²) in [5.41, 5.74) is 1.13. The minimum atomic E-state index is -0.821. The molecule has 0 spiro atoms. The molecule has 7 nitrogen and oxygen atoms in total. The average Bonchev–Trinajstić information content (AvgIpc) is 2.77. The van der Waals surface area contributed by atoms with Crippen LogP contribution in [-0.4, -0.2) is 47.0 Å². The van der Waals surface area contributed by atoms with E-state index in [1.165, 1.54) is 0 Å². The lowest BCUT2D eigenvalue weighted by Gasteiger charge is -2.38. The van der Waals surface area contributed by atoms with Crippen LogP contribution in [0.4, 0.5) is 4.79 Å². The van der Waals surface area contributed by atoms with E-state index in [0.717, 1.165) is 30.4 Å². The molecule has 0 fully saturated rings. The van der Waals surface area contributed by atoms with E-state index in [9.17, 15) is 14.4 Å². The topological polar surface area (TPSA) is 87.7 Å². The third-order valence-corrected chi connectivity index (χ3v) is 5.96. The van der Waals surface area contributed by atoms with Crippen molar-refractivity contribution >= 4 is 17.9 Å². The number of alkyl carbamates (subject to hydrolysis) is 1. The van der Waals surface area contributed by atoms with Crippen molar-refractivity contribution in [2.24, 2.45) is 5.92 Å². The number of rotatable bonds is 12. The molecule has 35 heavy (non-hydrogen) atoms. The highest BCUT2D eigenvalue weighted by Gasteiger charge is 2.39. The Balaban J connectivity index is 3.38. The van der Waals surface area contributed by atoms with Crippen LogP contribution in [0.5, 0.6) is 0 Å². The van der Waals surface area contributed by atoms with Gasteiger partial charge < -0.3 is 20.3 Å². The van der Waals surface area contributed by atoms with Gasteiger partial charge in [0.15, 0.2) is 0 Å². The van der Waals surface area contributed by atoms with E-state index in [0.29, 0.717) is 13.0 Å². The first-order valence-corrected chi connectivity index (χ1v) is 13.0. The fraction of sp³-hybridized carbons (Fsp3) is 0.679. The van der Waals surface area contributed by atoms with E-state index in [1.807, 2.05) is 58.9 Å². The van der Waals surface area contributed by atoms with Crippen molar-refractivity contribution in [3.63, 3.8) is 0 Å². The molecule has 0 saturated carbocycles. The van der Waals surface area contributed by atoms with Gasteiger partial charge in [0.2, 0.25) is 11.8 Å². The van der Waals surface area contributed by atoms with Crippen LogP contribution in [0.2, 0.25) is 0 Å².